The van der Waals surface area contributed by atoms with Gasteiger partial charge in [-0.05, 0) is 36.0 Å². The number of carbonyl (C=O) groups is 1. The van der Waals surface area contributed by atoms with Crippen LogP contribution in [0.4, 0.5) is 5.69 Å². The topological polar surface area (TPSA) is 61.7 Å². The summed E-state index contributed by atoms with van der Waals surface area (Å²) in [4.78, 5) is 16.3. The number of benzene rings is 2. The minimum absolute atomic E-state index is 0.142. The predicted octanol–water partition coefficient (Wildman–Crippen LogP) is 3.47. The second-order valence-electron chi connectivity index (χ2n) is 4.38. The van der Waals surface area contributed by atoms with E-state index in [1.165, 1.54) is 11.8 Å². The summed E-state index contributed by atoms with van der Waals surface area (Å²) in [5.41, 5.74) is 1.48. The number of carbonyl (C=O) groups excluding carboxylic acids is 1. The Bertz CT molecular complexity index is 739. The maximum Gasteiger partial charge on any atom is 0.286 e. The number of amides is 1. The highest BCUT2D eigenvalue weighted by Crippen LogP contribution is 2.31. The normalized spacial score (nSPS) is 16.1. The van der Waals surface area contributed by atoms with Crippen LogP contribution in [0.15, 0.2) is 64.5 Å². The minimum atomic E-state index is -0.304. The number of aliphatic imine (C=N–C) groups is 1. The van der Waals surface area contributed by atoms with Gasteiger partial charge in [0.1, 0.15) is 5.75 Å². The van der Waals surface area contributed by atoms with E-state index in [-0.39, 0.29) is 11.7 Å². The molecule has 2 aromatic rings. The summed E-state index contributed by atoms with van der Waals surface area (Å²) in [5.74, 6) is -0.162. The van der Waals surface area contributed by atoms with Crippen molar-refractivity contribution in [1.29, 1.82) is 0 Å². The third-order valence-corrected chi connectivity index (χ3v) is 3.77. The van der Waals surface area contributed by atoms with Crippen LogP contribution in [0.1, 0.15) is 5.56 Å². The molecule has 4 nitrogen and oxygen atoms in total. The van der Waals surface area contributed by atoms with Crippen molar-refractivity contribution in [2.24, 2.45) is 4.99 Å². The summed E-state index contributed by atoms with van der Waals surface area (Å²) in [6.45, 7) is 0. The standard InChI is InChI=1S/C16H12N2O2S/c19-13-9-5-4-6-11(13)10-14-15(20)18-16(21-14)17-12-7-2-1-3-8-12/h1-10,19H,(H,17,18,20)/b14-10+. The van der Waals surface area contributed by atoms with E-state index in [2.05, 4.69) is 10.3 Å². The van der Waals surface area contributed by atoms with Crippen molar-refractivity contribution >= 4 is 34.6 Å². The van der Waals surface area contributed by atoms with E-state index in [4.69, 9.17) is 0 Å². The average Bonchev–Trinajstić information content (AvgIpc) is 2.82. The number of hydrogen-bond acceptors (Lipinski definition) is 4. The summed E-state index contributed by atoms with van der Waals surface area (Å²) in [6, 6.07) is 16.4. The van der Waals surface area contributed by atoms with Gasteiger partial charge in [-0.3, -0.25) is 4.79 Å². The molecule has 0 atom stereocenters. The number of rotatable bonds is 2. The lowest BCUT2D eigenvalue weighted by Gasteiger charge is -2.03. The van der Waals surface area contributed by atoms with Crippen molar-refractivity contribution in [2.75, 3.05) is 5.32 Å². The molecular formula is C16H12N2O2S. The van der Waals surface area contributed by atoms with Gasteiger partial charge >= 0.3 is 0 Å². The van der Waals surface area contributed by atoms with E-state index in [0.717, 1.165) is 5.69 Å². The Hall–Kier alpha value is -2.53. The van der Waals surface area contributed by atoms with Gasteiger partial charge in [-0.15, -0.1) is 0 Å². The van der Waals surface area contributed by atoms with E-state index in [1.54, 1.807) is 30.3 Å². The minimum Gasteiger partial charge on any atom is -0.507 e. The van der Waals surface area contributed by atoms with E-state index in [9.17, 15) is 9.90 Å². The molecule has 0 radical (unpaired) electrons. The molecule has 0 aromatic heterocycles. The Kier molecular flexibility index (Phi) is 3.75. The van der Waals surface area contributed by atoms with Crippen LogP contribution in [0.5, 0.6) is 5.75 Å². The number of phenolic OH excluding ortho intramolecular Hbond substituents is 1. The van der Waals surface area contributed by atoms with Gasteiger partial charge in [-0.25, -0.2) is 0 Å². The summed E-state index contributed by atoms with van der Waals surface area (Å²) in [7, 11) is 0. The van der Waals surface area contributed by atoms with Crippen molar-refractivity contribution in [3.63, 3.8) is 0 Å². The lowest BCUT2D eigenvalue weighted by molar-refractivity contribution is -0.113. The van der Waals surface area contributed by atoms with E-state index >= 15 is 0 Å². The number of nitrogens with zero attached hydrogens (tertiary/aromatic N) is 1. The highest BCUT2D eigenvalue weighted by Gasteiger charge is 2.22. The first-order chi connectivity index (χ1) is 10.2. The quantitative estimate of drug-likeness (QED) is 0.833. The SMILES string of the molecule is O=C1N=C(Nc2ccccc2)S/C1=C/c1ccccc1O. The number of para-hydroxylation sites is 2. The molecule has 0 bridgehead atoms. The molecule has 0 unspecified atom stereocenters. The van der Waals surface area contributed by atoms with Gasteiger partial charge < -0.3 is 10.4 Å². The second-order valence-corrected chi connectivity index (χ2v) is 5.41. The fourth-order valence-corrected chi connectivity index (χ4v) is 2.68. The zero-order chi connectivity index (χ0) is 14.7. The van der Waals surface area contributed by atoms with Crippen molar-refractivity contribution in [1.82, 2.24) is 0 Å². The predicted molar refractivity (Wildman–Crippen MR) is 86.2 cm³/mol. The van der Waals surface area contributed by atoms with Crippen LogP contribution in [0.2, 0.25) is 0 Å². The summed E-state index contributed by atoms with van der Waals surface area (Å²) >= 11 is 1.26. The fraction of sp³-hybridized carbons (Fsp3) is 0. The first kappa shape index (κ1) is 13.5. The third-order valence-electron chi connectivity index (χ3n) is 2.87. The Morgan fingerprint density at radius 1 is 1.05 bits per heavy atom. The van der Waals surface area contributed by atoms with Gasteiger partial charge in [-0.2, -0.15) is 4.99 Å². The molecule has 0 spiro atoms. The summed E-state index contributed by atoms with van der Waals surface area (Å²) in [5, 5.41) is 13.4. The Morgan fingerprint density at radius 3 is 2.52 bits per heavy atom. The molecule has 0 fully saturated rings. The van der Waals surface area contributed by atoms with Crippen LogP contribution in [0, 0.1) is 0 Å². The van der Waals surface area contributed by atoms with Crippen molar-refractivity contribution in [3.05, 3.63) is 65.1 Å². The number of amidine groups is 1. The molecule has 5 heteroatoms. The molecule has 2 aromatic carbocycles. The number of phenols is 1. The van der Waals surface area contributed by atoms with E-state index in [1.807, 2.05) is 30.3 Å². The molecule has 3 rings (SSSR count). The van der Waals surface area contributed by atoms with Gasteiger partial charge in [0.25, 0.3) is 5.91 Å². The maximum atomic E-state index is 11.9. The lowest BCUT2D eigenvalue weighted by atomic mass is 10.2. The maximum absolute atomic E-state index is 11.9. The van der Waals surface area contributed by atoms with Crippen LogP contribution in [0.25, 0.3) is 6.08 Å². The van der Waals surface area contributed by atoms with Gasteiger partial charge in [0.15, 0.2) is 5.17 Å². The molecule has 0 saturated carbocycles. The van der Waals surface area contributed by atoms with Gasteiger partial charge in [0.2, 0.25) is 0 Å². The van der Waals surface area contributed by atoms with E-state index in [0.29, 0.717) is 15.6 Å². The van der Waals surface area contributed by atoms with Crippen LogP contribution < -0.4 is 5.32 Å². The Labute approximate surface area is 126 Å². The molecule has 0 saturated heterocycles. The first-order valence-electron chi connectivity index (χ1n) is 6.35. The van der Waals surface area contributed by atoms with Crippen LogP contribution >= 0.6 is 11.8 Å². The van der Waals surface area contributed by atoms with Crippen LogP contribution in [0.3, 0.4) is 0 Å². The molecule has 1 aliphatic heterocycles. The van der Waals surface area contributed by atoms with Gasteiger partial charge in [-0.1, -0.05) is 36.4 Å². The Balaban J connectivity index is 1.78. The van der Waals surface area contributed by atoms with Gasteiger partial charge in [0, 0.05) is 11.3 Å². The lowest BCUT2D eigenvalue weighted by Crippen LogP contribution is -2.04. The van der Waals surface area contributed by atoms with Crippen molar-refractivity contribution < 1.29 is 9.90 Å². The Morgan fingerprint density at radius 2 is 1.76 bits per heavy atom. The number of thioether (sulfide) groups is 1. The zero-order valence-corrected chi connectivity index (χ0v) is 11.8. The highest BCUT2D eigenvalue weighted by molar-refractivity contribution is 8.18. The van der Waals surface area contributed by atoms with Crippen LogP contribution in [-0.2, 0) is 4.79 Å². The highest BCUT2D eigenvalue weighted by atomic mass is 32.2. The molecule has 0 aliphatic carbocycles. The molecule has 21 heavy (non-hydrogen) atoms. The van der Waals surface area contributed by atoms with Crippen molar-refractivity contribution in [2.45, 2.75) is 0 Å². The van der Waals surface area contributed by atoms with Gasteiger partial charge in [0.05, 0.1) is 4.91 Å². The summed E-state index contributed by atoms with van der Waals surface area (Å²) < 4.78 is 0. The number of hydrogen-bond donors (Lipinski definition) is 2. The third kappa shape index (κ3) is 3.14. The number of aromatic hydroxyl groups is 1. The molecule has 1 aliphatic rings. The molecule has 104 valence electrons. The van der Waals surface area contributed by atoms with Crippen molar-refractivity contribution in [3.8, 4) is 5.75 Å². The van der Waals surface area contributed by atoms with E-state index < -0.39 is 0 Å². The molecule has 1 amide bonds. The largest absolute Gasteiger partial charge is 0.507 e. The fourth-order valence-electron chi connectivity index (χ4n) is 1.86. The molecule has 2 N–H and O–H groups in total. The zero-order valence-electron chi connectivity index (χ0n) is 11.0. The smallest absolute Gasteiger partial charge is 0.286 e. The number of nitrogens with one attached hydrogen (secondary N) is 1. The monoisotopic (exact) mass is 296 g/mol. The molecular weight excluding hydrogens is 284 g/mol. The number of anilines is 1. The molecule has 1 heterocycles. The summed E-state index contributed by atoms with van der Waals surface area (Å²) in [6.07, 6.45) is 1.64. The second kappa shape index (κ2) is 5.85. The average molecular weight is 296 g/mol. The van der Waals surface area contributed by atoms with Crippen LogP contribution in [-0.4, -0.2) is 16.2 Å². The first-order valence-corrected chi connectivity index (χ1v) is 7.17.